The van der Waals surface area contributed by atoms with Crippen molar-refractivity contribution in [2.75, 3.05) is 0 Å². The summed E-state index contributed by atoms with van der Waals surface area (Å²) >= 11 is -4.48. The van der Waals surface area contributed by atoms with Crippen molar-refractivity contribution in [3.05, 3.63) is 20.6 Å². The van der Waals surface area contributed by atoms with Gasteiger partial charge in [0.1, 0.15) is 0 Å². The molecular formula is C18H42Si2Y. The van der Waals surface area contributed by atoms with Crippen molar-refractivity contribution in [1.82, 2.24) is 0 Å². The first-order valence-corrected chi connectivity index (χ1v) is 36.5. The van der Waals surface area contributed by atoms with E-state index in [1.807, 2.05) is 2.38 Å². The predicted molar refractivity (Wildman–Crippen MR) is 107 cm³/mol. The van der Waals surface area contributed by atoms with E-state index in [1.54, 1.807) is 0 Å². The SMILES string of the molecule is C[Si](C)(C)[CH2][Y]([CH3])([CH3])([CH3])([CH3])([CH3])([CH2][Si](C)(C)C)[C]1=CC=CC1. The van der Waals surface area contributed by atoms with Gasteiger partial charge in [-0.15, -0.1) is 0 Å². The zero-order chi connectivity index (χ0) is 17.2. The number of hydrogen-bond acceptors (Lipinski definition) is 0. The molecule has 0 amide bonds. The minimum atomic E-state index is -4.48. The minimum absolute atomic E-state index is 1.19. The molecule has 0 unspecified atom stereocenters. The van der Waals surface area contributed by atoms with E-state index in [1.165, 1.54) is 12.1 Å². The van der Waals surface area contributed by atoms with Gasteiger partial charge in [-0.3, -0.25) is 0 Å². The molecule has 0 radical (unpaired) electrons. The average Bonchev–Trinajstić information content (AvgIpc) is 2.39. The van der Waals surface area contributed by atoms with Crippen LogP contribution in [-0.2, 0) is 18.7 Å². The molecule has 0 saturated heterocycles. The van der Waals surface area contributed by atoms with E-state index >= 15 is 0 Å². The zero-order valence-corrected chi connectivity index (χ0v) is 21.8. The monoisotopic (exact) mass is 403 g/mol. The summed E-state index contributed by atoms with van der Waals surface area (Å²) in [5, 5.41) is 0. The van der Waals surface area contributed by atoms with Crippen molar-refractivity contribution < 1.29 is 18.7 Å². The maximum atomic E-state index is 2.80. The second-order valence-electron chi connectivity index (χ2n) is 18.9. The molecule has 0 aromatic rings. The fraction of sp³-hybridized carbons (Fsp3) is 0.778. The molecule has 1 aliphatic carbocycles. The van der Waals surface area contributed by atoms with Crippen LogP contribution in [-0.4, -0.2) is 16.1 Å². The molecule has 0 spiro atoms. The third-order valence-corrected chi connectivity index (χ3v) is 82.6. The van der Waals surface area contributed by atoms with Crippen molar-refractivity contribution in [1.29, 1.82) is 0 Å². The summed E-state index contributed by atoms with van der Waals surface area (Å²) < 4.78 is 18.8. The van der Waals surface area contributed by atoms with Gasteiger partial charge in [0.05, 0.1) is 0 Å². The van der Waals surface area contributed by atoms with Gasteiger partial charge in [-0.2, -0.15) is 0 Å². The van der Waals surface area contributed by atoms with E-state index in [2.05, 4.69) is 76.2 Å². The summed E-state index contributed by atoms with van der Waals surface area (Å²) in [4.78, 5) is 0. The Kier molecular flexibility index (Phi) is 3.22. The van der Waals surface area contributed by atoms with Crippen LogP contribution in [0.15, 0.2) is 20.6 Å². The maximum absolute atomic E-state index is 4.48. The molecule has 0 N–H and O–H groups in total. The third kappa shape index (κ3) is 4.31. The number of hydrogen-bond donors (Lipinski definition) is 0. The van der Waals surface area contributed by atoms with Gasteiger partial charge in [0.15, 0.2) is 0 Å². The Morgan fingerprint density at radius 3 is 1.43 bits per heavy atom. The van der Waals surface area contributed by atoms with Crippen LogP contribution in [0.2, 0.25) is 63.7 Å². The molecule has 0 fully saturated rings. The predicted octanol–water partition coefficient (Wildman–Crippen LogP) is 7.96. The molecule has 3 heteroatoms. The van der Waals surface area contributed by atoms with Gasteiger partial charge in [-0.1, -0.05) is 0 Å². The van der Waals surface area contributed by atoms with Gasteiger partial charge in [0.25, 0.3) is 0 Å². The molecule has 0 aromatic heterocycles. The number of rotatable bonds is 5. The standard InChI is InChI=1S/C5H5.2C4H11Si.5CH3.Y/c1-2-4-5-3-1;2*1-5(2,3)4;;;;;;/h1-3H,4H2;2*1H2,2-4H3;5*1H3;. The molecule has 1 rings (SSSR count). The first-order chi connectivity index (χ1) is 8.50. The van der Waals surface area contributed by atoms with Gasteiger partial charge in [-0.05, 0) is 0 Å². The van der Waals surface area contributed by atoms with Crippen LogP contribution in [0.4, 0.5) is 0 Å². The molecule has 0 bridgehead atoms. The van der Waals surface area contributed by atoms with Crippen LogP contribution in [0.25, 0.3) is 0 Å². The summed E-state index contributed by atoms with van der Waals surface area (Å²) in [7, 11) is -2.43. The quantitative estimate of drug-likeness (QED) is 0.408. The zero-order valence-electron chi connectivity index (χ0n) is 16.9. The molecule has 1 aliphatic rings. The van der Waals surface area contributed by atoms with E-state index in [0.717, 1.165) is 0 Å². The first-order valence-electron chi connectivity index (χ1n) is 9.42. The average molecular weight is 404 g/mol. The van der Waals surface area contributed by atoms with E-state index in [9.17, 15) is 0 Å². The summed E-state index contributed by atoms with van der Waals surface area (Å²) in [6, 6.07) is 0. The van der Waals surface area contributed by atoms with Crippen molar-refractivity contribution in [2.45, 2.75) is 70.1 Å². The Balaban J connectivity index is 3.89. The van der Waals surface area contributed by atoms with Gasteiger partial charge < -0.3 is 0 Å². The van der Waals surface area contributed by atoms with Gasteiger partial charge in [0.2, 0.25) is 0 Å². The van der Waals surface area contributed by atoms with Gasteiger partial charge in [0, 0.05) is 0 Å². The normalized spacial score (nSPS) is 24.6. The molecule has 0 nitrogen and oxygen atoms in total. The van der Waals surface area contributed by atoms with Crippen LogP contribution < -0.4 is 0 Å². The molecule has 0 heterocycles. The molecule has 0 aromatic carbocycles. The van der Waals surface area contributed by atoms with Crippen LogP contribution in [0, 0.1) is 0 Å². The van der Waals surface area contributed by atoms with Crippen LogP contribution in [0.5, 0.6) is 0 Å². The molecular weight excluding hydrogens is 361 g/mol. The van der Waals surface area contributed by atoms with E-state index in [0.29, 0.717) is 0 Å². The first kappa shape index (κ1) is 20.1. The van der Waals surface area contributed by atoms with Crippen LogP contribution in [0.1, 0.15) is 6.42 Å². The van der Waals surface area contributed by atoms with E-state index in [4.69, 9.17) is 0 Å². The van der Waals surface area contributed by atoms with Crippen molar-refractivity contribution >= 4 is 16.1 Å². The summed E-state index contributed by atoms with van der Waals surface area (Å²) in [5.74, 6) is 0. The van der Waals surface area contributed by atoms with Crippen molar-refractivity contribution in [2.24, 2.45) is 0 Å². The van der Waals surface area contributed by atoms with E-state index in [-0.39, 0.29) is 0 Å². The molecule has 0 aliphatic heterocycles. The van der Waals surface area contributed by atoms with Crippen molar-refractivity contribution in [3.63, 3.8) is 0 Å². The van der Waals surface area contributed by atoms with Gasteiger partial charge >= 0.3 is 126 Å². The second kappa shape index (κ2) is 3.37. The summed E-state index contributed by atoms with van der Waals surface area (Å²) in [6.45, 7) is 15.5. The Labute approximate surface area is 124 Å². The van der Waals surface area contributed by atoms with E-state index < -0.39 is 34.8 Å². The third-order valence-electron chi connectivity index (χ3n) is 6.94. The van der Waals surface area contributed by atoms with Crippen molar-refractivity contribution in [3.8, 4) is 0 Å². The topological polar surface area (TPSA) is 0 Å². The van der Waals surface area contributed by atoms with Crippen LogP contribution >= 0.6 is 0 Å². The fourth-order valence-corrected chi connectivity index (χ4v) is 153. The summed E-state index contributed by atoms with van der Waals surface area (Å²) in [5.41, 5.74) is 0. The molecule has 0 saturated carbocycles. The second-order valence-corrected chi connectivity index (χ2v) is 96.8. The van der Waals surface area contributed by atoms with Gasteiger partial charge in [-0.25, -0.2) is 0 Å². The Morgan fingerprint density at radius 1 is 0.810 bits per heavy atom. The Bertz CT molecular complexity index is 543. The molecule has 21 heavy (non-hydrogen) atoms. The van der Waals surface area contributed by atoms with Crippen LogP contribution in [0.3, 0.4) is 0 Å². The Morgan fingerprint density at radius 2 is 1.19 bits per heavy atom. The fourth-order valence-electron chi connectivity index (χ4n) is 9.77. The molecule has 0 atom stereocenters. The number of allylic oxidation sites excluding steroid dienone is 4. The summed E-state index contributed by atoms with van der Waals surface area (Å²) in [6.07, 6.45) is 8.41. The Hall–Kier alpha value is 1.02. The molecule has 125 valence electrons.